The number of hydrogen-bond donors (Lipinski definition) is 0. The molecule has 0 nitrogen and oxygen atoms in total. The van der Waals surface area contributed by atoms with E-state index >= 15 is 0 Å². The lowest BCUT2D eigenvalue weighted by Gasteiger charge is -2.44. The molecule has 1 saturated carbocycles. The lowest BCUT2D eigenvalue weighted by molar-refractivity contribution is 0.0643. The van der Waals surface area contributed by atoms with E-state index in [1.165, 1.54) is 64.2 Å². The Morgan fingerprint density at radius 2 is 1.57 bits per heavy atom. The third kappa shape index (κ3) is 8.89. The minimum atomic E-state index is 0.667. The summed E-state index contributed by atoms with van der Waals surface area (Å²) in [5, 5.41) is 0. The molecule has 0 radical (unpaired) electrons. The minimum Gasteiger partial charge on any atom is -0.0654 e. The summed E-state index contributed by atoms with van der Waals surface area (Å²) in [6.45, 7) is 16.4. The topological polar surface area (TPSA) is 0 Å². The summed E-state index contributed by atoms with van der Waals surface area (Å²) in [7, 11) is 0. The number of rotatable bonds is 7. The van der Waals surface area contributed by atoms with Crippen LogP contribution in [0, 0.1) is 23.2 Å². The molecule has 1 fully saturated rings. The van der Waals surface area contributed by atoms with Crippen LogP contribution in [0.5, 0.6) is 0 Å². The molecule has 0 aromatic carbocycles. The molecular weight excluding hydrogens is 252 g/mol. The number of unbranched alkanes of at least 4 members (excludes halogenated alkanes) is 3. The van der Waals surface area contributed by atoms with Crippen molar-refractivity contribution in [1.29, 1.82) is 0 Å². The lowest BCUT2D eigenvalue weighted by atomic mass is 9.61. The largest absolute Gasteiger partial charge is 0.0654 e. The summed E-state index contributed by atoms with van der Waals surface area (Å²) in [4.78, 5) is 0. The fourth-order valence-corrected chi connectivity index (χ4v) is 3.83. The molecule has 0 saturated heterocycles. The van der Waals surface area contributed by atoms with Crippen molar-refractivity contribution in [2.24, 2.45) is 23.2 Å². The van der Waals surface area contributed by atoms with Crippen LogP contribution >= 0.6 is 0 Å². The highest BCUT2D eigenvalue weighted by Crippen LogP contribution is 2.47. The van der Waals surface area contributed by atoms with Crippen LogP contribution in [0.1, 0.15) is 113 Å². The van der Waals surface area contributed by atoms with E-state index < -0.39 is 0 Å². The maximum Gasteiger partial charge on any atom is -0.0295 e. The Balaban J connectivity index is 0.000000690. The first kappa shape index (κ1) is 21.0. The molecule has 0 aliphatic heterocycles. The van der Waals surface area contributed by atoms with Gasteiger partial charge in [-0.25, -0.2) is 0 Å². The van der Waals surface area contributed by atoms with E-state index in [2.05, 4.69) is 48.5 Å². The van der Waals surface area contributed by atoms with Crippen molar-refractivity contribution in [1.82, 2.24) is 0 Å². The summed E-state index contributed by atoms with van der Waals surface area (Å²) in [6, 6.07) is 0. The van der Waals surface area contributed by atoms with E-state index in [1.807, 2.05) is 0 Å². The van der Waals surface area contributed by atoms with Gasteiger partial charge in [0.05, 0.1) is 0 Å². The molecule has 21 heavy (non-hydrogen) atoms. The molecule has 1 rings (SSSR count). The molecule has 2 atom stereocenters. The molecule has 0 heterocycles. The highest BCUT2D eigenvalue weighted by atomic mass is 14.4. The molecule has 0 heteroatoms. The van der Waals surface area contributed by atoms with Gasteiger partial charge in [0.1, 0.15) is 0 Å². The zero-order valence-electron chi connectivity index (χ0n) is 16.3. The first-order valence-corrected chi connectivity index (χ1v) is 9.87. The van der Waals surface area contributed by atoms with Crippen molar-refractivity contribution in [2.75, 3.05) is 0 Å². The maximum atomic E-state index is 2.57. The van der Waals surface area contributed by atoms with Gasteiger partial charge in [0, 0.05) is 0 Å². The molecule has 0 aromatic heterocycles. The van der Waals surface area contributed by atoms with Gasteiger partial charge in [-0.05, 0) is 42.4 Å². The van der Waals surface area contributed by atoms with Crippen LogP contribution in [0.2, 0.25) is 0 Å². The molecule has 0 aromatic rings. The average molecular weight is 297 g/mol. The van der Waals surface area contributed by atoms with E-state index in [-0.39, 0.29) is 0 Å². The van der Waals surface area contributed by atoms with Gasteiger partial charge >= 0.3 is 0 Å². The van der Waals surface area contributed by atoms with Gasteiger partial charge in [-0.3, -0.25) is 0 Å². The molecular formula is C21H44. The van der Waals surface area contributed by atoms with E-state index in [0.717, 1.165) is 17.8 Å². The van der Waals surface area contributed by atoms with Crippen LogP contribution in [0.3, 0.4) is 0 Å². The van der Waals surface area contributed by atoms with Gasteiger partial charge in [0.2, 0.25) is 0 Å². The van der Waals surface area contributed by atoms with Gasteiger partial charge in [0.25, 0.3) is 0 Å². The van der Waals surface area contributed by atoms with Crippen LogP contribution < -0.4 is 0 Å². The SMILES string of the molecule is CCC(C)C.CCCCCCC1(C)CCCCC1C(C)C. The zero-order chi connectivity index (χ0) is 16.3. The van der Waals surface area contributed by atoms with Crippen LogP contribution in [-0.2, 0) is 0 Å². The molecule has 1 aliphatic rings. The Labute approximate surface area is 136 Å². The fourth-order valence-electron chi connectivity index (χ4n) is 3.83. The van der Waals surface area contributed by atoms with Crippen LogP contribution in [-0.4, -0.2) is 0 Å². The summed E-state index contributed by atoms with van der Waals surface area (Å²) < 4.78 is 0. The van der Waals surface area contributed by atoms with E-state index in [4.69, 9.17) is 0 Å². The summed E-state index contributed by atoms with van der Waals surface area (Å²) in [5.41, 5.74) is 0.667. The van der Waals surface area contributed by atoms with Crippen molar-refractivity contribution in [3.63, 3.8) is 0 Å². The van der Waals surface area contributed by atoms with Crippen LogP contribution in [0.4, 0.5) is 0 Å². The third-order valence-corrected chi connectivity index (χ3v) is 5.63. The van der Waals surface area contributed by atoms with Gasteiger partial charge in [-0.15, -0.1) is 0 Å². The maximum absolute atomic E-state index is 2.57. The second kappa shape index (κ2) is 11.6. The molecule has 1 aliphatic carbocycles. The highest BCUT2D eigenvalue weighted by molar-refractivity contribution is 4.87. The Bertz CT molecular complexity index is 228. The lowest BCUT2D eigenvalue weighted by Crippen LogP contribution is -2.34. The molecule has 128 valence electrons. The summed E-state index contributed by atoms with van der Waals surface area (Å²) >= 11 is 0. The Hall–Kier alpha value is 0. The summed E-state index contributed by atoms with van der Waals surface area (Å²) in [6.07, 6.45) is 14.4. The van der Waals surface area contributed by atoms with E-state index in [0.29, 0.717) is 5.41 Å². The van der Waals surface area contributed by atoms with Crippen molar-refractivity contribution in [2.45, 2.75) is 113 Å². The van der Waals surface area contributed by atoms with Gasteiger partial charge < -0.3 is 0 Å². The van der Waals surface area contributed by atoms with Crippen LogP contribution in [0.25, 0.3) is 0 Å². The predicted molar refractivity (Wildman–Crippen MR) is 98.8 cm³/mol. The second-order valence-corrected chi connectivity index (χ2v) is 8.36. The Kier molecular flexibility index (Phi) is 11.6. The first-order valence-electron chi connectivity index (χ1n) is 9.87. The highest BCUT2D eigenvalue weighted by Gasteiger charge is 2.37. The molecule has 0 amide bonds. The van der Waals surface area contributed by atoms with Gasteiger partial charge in [-0.1, -0.05) is 93.4 Å². The van der Waals surface area contributed by atoms with Crippen molar-refractivity contribution in [3.05, 3.63) is 0 Å². The first-order chi connectivity index (χ1) is 9.87. The van der Waals surface area contributed by atoms with E-state index in [9.17, 15) is 0 Å². The van der Waals surface area contributed by atoms with Crippen molar-refractivity contribution >= 4 is 0 Å². The van der Waals surface area contributed by atoms with Crippen molar-refractivity contribution < 1.29 is 0 Å². The van der Waals surface area contributed by atoms with Crippen LogP contribution in [0.15, 0.2) is 0 Å². The minimum absolute atomic E-state index is 0.667. The second-order valence-electron chi connectivity index (χ2n) is 8.36. The van der Waals surface area contributed by atoms with Gasteiger partial charge in [-0.2, -0.15) is 0 Å². The Morgan fingerprint density at radius 1 is 0.952 bits per heavy atom. The predicted octanol–water partition coefficient (Wildman–Crippen LogP) is 7.86. The zero-order valence-corrected chi connectivity index (χ0v) is 16.3. The average Bonchev–Trinajstić information content (AvgIpc) is 2.44. The monoisotopic (exact) mass is 296 g/mol. The van der Waals surface area contributed by atoms with Gasteiger partial charge in [0.15, 0.2) is 0 Å². The summed E-state index contributed by atoms with van der Waals surface area (Å²) in [5.74, 6) is 2.76. The standard InChI is InChI=1S/C16H32.C5H12/c1-5-6-7-9-12-16(4)13-10-8-11-15(16)14(2)3;1-4-5(2)3/h14-15H,5-13H2,1-4H3;5H,4H2,1-3H3. The molecule has 0 spiro atoms. The number of hydrogen-bond acceptors (Lipinski definition) is 0. The quantitative estimate of drug-likeness (QED) is 0.419. The molecule has 0 N–H and O–H groups in total. The molecule has 0 bridgehead atoms. The third-order valence-electron chi connectivity index (χ3n) is 5.63. The van der Waals surface area contributed by atoms with Crippen molar-refractivity contribution in [3.8, 4) is 0 Å². The molecule has 2 unspecified atom stereocenters. The fraction of sp³-hybridized carbons (Fsp3) is 1.00. The Morgan fingerprint density at radius 3 is 2.05 bits per heavy atom. The normalized spacial score (nSPS) is 25.9. The van der Waals surface area contributed by atoms with E-state index in [1.54, 1.807) is 0 Å². The smallest absolute Gasteiger partial charge is 0.0295 e.